The normalized spacial score (nSPS) is 11.1. The number of anilines is 1. The second-order valence-electron chi connectivity index (χ2n) is 5.44. The summed E-state index contributed by atoms with van der Waals surface area (Å²) in [6, 6.07) is 19.7. The van der Waals surface area contributed by atoms with Gasteiger partial charge in [-0.25, -0.2) is 0 Å². The lowest BCUT2D eigenvalue weighted by molar-refractivity contribution is 0.770. The number of unbranched alkanes of at least 4 members (excludes halogenated alkanes) is 1. The first-order chi connectivity index (χ1) is 9.81. The van der Waals surface area contributed by atoms with Gasteiger partial charge in [-0.1, -0.05) is 61.9 Å². The summed E-state index contributed by atoms with van der Waals surface area (Å²) < 4.78 is 0. The molecule has 0 spiro atoms. The summed E-state index contributed by atoms with van der Waals surface area (Å²) in [6.45, 7) is 3.35. The van der Waals surface area contributed by atoms with Crippen molar-refractivity contribution < 1.29 is 0 Å². The lowest BCUT2D eigenvalue weighted by Crippen LogP contribution is -2.18. The predicted octanol–water partition coefficient (Wildman–Crippen LogP) is 5.23. The van der Waals surface area contributed by atoms with Crippen LogP contribution in [0.25, 0.3) is 21.5 Å². The predicted molar refractivity (Wildman–Crippen MR) is 89.6 cm³/mol. The van der Waals surface area contributed by atoms with Crippen molar-refractivity contribution in [3.63, 3.8) is 0 Å². The van der Waals surface area contributed by atoms with Crippen molar-refractivity contribution >= 4 is 27.2 Å². The standard InChI is InChI=1S/C19H21N/c1-3-4-13-20(2)19-17-11-7-5-9-15(17)14-16-10-6-8-12-18(16)19/h5-12,14H,3-4,13H2,1-2H3. The largest absolute Gasteiger partial charge is 0.374 e. The molecule has 0 aliphatic rings. The molecule has 102 valence electrons. The van der Waals surface area contributed by atoms with Crippen molar-refractivity contribution in [2.24, 2.45) is 0 Å². The highest BCUT2D eigenvalue weighted by Crippen LogP contribution is 2.35. The van der Waals surface area contributed by atoms with Gasteiger partial charge < -0.3 is 4.90 Å². The summed E-state index contributed by atoms with van der Waals surface area (Å²) in [5, 5.41) is 5.35. The molecule has 0 saturated heterocycles. The van der Waals surface area contributed by atoms with Crippen molar-refractivity contribution in [2.75, 3.05) is 18.5 Å². The SMILES string of the molecule is CCCCN(C)c1c2ccccc2cc2ccccc12. The minimum absolute atomic E-state index is 1.11. The summed E-state index contributed by atoms with van der Waals surface area (Å²) in [5.41, 5.74) is 1.37. The van der Waals surface area contributed by atoms with E-state index in [0.29, 0.717) is 0 Å². The summed E-state index contributed by atoms with van der Waals surface area (Å²) in [4.78, 5) is 2.41. The van der Waals surface area contributed by atoms with Gasteiger partial charge in [0.1, 0.15) is 0 Å². The molecule has 0 unspecified atom stereocenters. The molecule has 3 rings (SSSR count). The van der Waals surface area contributed by atoms with Crippen molar-refractivity contribution in [1.29, 1.82) is 0 Å². The Hall–Kier alpha value is -2.02. The summed E-state index contributed by atoms with van der Waals surface area (Å²) >= 11 is 0. The van der Waals surface area contributed by atoms with Crippen molar-refractivity contribution in [3.05, 3.63) is 54.6 Å². The first kappa shape index (κ1) is 13.0. The molecule has 0 amide bonds. The van der Waals surface area contributed by atoms with Crippen LogP contribution < -0.4 is 4.90 Å². The number of fused-ring (bicyclic) bond motifs is 2. The fourth-order valence-corrected chi connectivity index (χ4v) is 2.91. The Kier molecular flexibility index (Phi) is 3.60. The third kappa shape index (κ3) is 2.24. The van der Waals surface area contributed by atoms with E-state index in [1.165, 1.54) is 40.1 Å². The third-order valence-corrected chi connectivity index (χ3v) is 3.97. The Bertz CT molecular complexity index is 676. The zero-order chi connectivity index (χ0) is 13.9. The maximum atomic E-state index is 2.41. The van der Waals surface area contributed by atoms with Crippen LogP contribution in [0.3, 0.4) is 0 Å². The van der Waals surface area contributed by atoms with Gasteiger partial charge in [-0.05, 0) is 23.3 Å². The van der Waals surface area contributed by atoms with Gasteiger partial charge in [0.25, 0.3) is 0 Å². The second kappa shape index (κ2) is 5.54. The minimum atomic E-state index is 1.11. The zero-order valence-electron chi connectivity index (χ0n) is 12.3. The third-order valence-electron chi connectivity index (χ3n) is 3.97. The number of rotatable bonds is 4. The molecule has 0 radical (unpaired) electrons. The number of hydrogen-bond donors (Lipinski definition) is 0. The molecule has 0 N–H and O–H groups in total. The Morgan fingerprint density at radius 1 is 0.850 bits per heavy atom. The van der Waals surface area contributed by atoms with Gasteiger partial charge in [0.15, 0.2) is 0 Å². The Balaban J connectivity index is 2.27. The van der Waals surface area contributed by atoms with E-state index in [1.807, 2.05) is 0 Å². The van der Waals surface area contributed by atoms with Crippen LogP contribution in [-0.4, -0.2) is 13.6 Å². The van der Waals surface area contributed by atoms with E-state index in [-0.39, 0.29) is 0 Å². The number of nitrogens with zero attached hydrogens (tertiary/aromatic N) is 1. The monoisotopic (exact) mass is 263 g/mol. The van der Waals surface area contributed by atoms with Gasteiger partial charge in [0, 0.05) is 24.4 Å². The van der Waals surface area contributed by atoms with Crippen LogP contribution in [0.5, 0.6) is 0 Å². The first-order valence-corrected chi connectivity index (χ1v) is 7.43. The average Bonchev–Trinajstić information content (AvgIpc) is 2.50. The van der Waals surface area contributed by atoms with E-state index in [0.717, 1.165) is 6.54 Å². The Morgan fingerprint density at radius 3 is 1.95 bits per heavy atom. The van der Waals surface area contributed by atoms with Crippen LogP contribution in [0.2, 0.25) is 0 Å². The van der Waals surface area contributed by atoms with Crippen molar-refractivity contribution in [1.82, 2.24) is 0 Å². The highest BCUT2D eigenvalue weighted by molar-refractivity contribution is 6.11. The van der Waals surface area contributed by atoms with Gasteiger partial charge in [-0.15, -0.1) is 0 Å². The summed E-state index contributed by atoms with van der Waals surface area (Å²) in [6.07, 6.45) is 2.46. The van der Waals surface area contributed by atoms with Crippen LogP contribution in [0.15, 0.2) is 54.6 Å². The number of hydrogen-bond acceptors (Lipinski definition) is 1. The molecular formula is C19H21N. The molecule has 0 saturated carbocycles. The topological polar surface area (TPSA) is 3.24 Å². The molecule has 1 nitrogen and oxygen atoms in total. The highest BCUT2D eigenvalue weighted by Gasteiger charge is 2.10. The summed E-state index contributed by atoms with van der Waals surface area (Å²) in [7, 11) is 2.21. The second-order valence-corrected chi connectivity index (χ2v) is 5.44. The highest BCUT2D eigenvalue weighted by atomic mass is 15.1. The van der Waals surface area contributed by atoms with E-state index < -0.39 is 0 Å². The number of benzene rings is 3. The maximum absolute atomic E-state index is 2.41. The maximum Gasteiger partial charge on any atom is 0.0522 e. The molecule has 0 atom stereocenters. The van der Waals surface area contributed by atoms with E-state index in [2.05, 4.69) is 73.5 Å². The van der Waals surface area contributed by atoms with E-state index >= 15 is 0 Å². The van der Waals surface area contributed by atoms with Crippen LogP contribution in [0.1, 0.15) is 19.8 Å². The lowest BCUT2D eigenvalue weighted by atomic mass is 10.00. The van der Waals surface area contributed by atoms with Gasteiger partial charge in [0.05, 0.1) is 5.69 Å². The van der Waals surface area contributed by atoms with Crippen molar-refractivity contribution in [3.8, 4) is 0 Å². The molecule has 0 heterocycles. The molecule has 0 fully saturated rings. The molecule has 20 heavy (non-hydrogen) atoms. The van der Waals surface area contributed by atoms with Crippen LogP contribution in [0, 0.1) is 0 Å². The first-order valence-electron chi connectivity index (χ1n) is 7.43. The molecule has 3 aromatic carbocycles. The Morgan fingerprint density at radius 2 is 1.40 bits per heavy atom. The quantitative estimate of drug-likeness (QED) is 0.583. The molecule has 3 aromatic rings. The molecule has 0 aromatic heterocycles. The summed E-state index contributed by atoms with van der Waals surface area (Å²) in [5.74, 6) is 0. The van der Waals surface area contributed by atoms with Gasteiger partial charge in [-0.3, -0.25) is 0 Å². The van der Waals surface area contributed by atoms with Crippen LogP contribution in [0.4, 0.5) is 5.69 Å². The average molecular weight is 263 g/mol. The van der Waals surface area contributed by atoms with Crippen LogP contribution >= 0.6 is 0 Å². The molecule has 1 heteroatoms. The fourth-order valence-electron chi connectivity index (χ4n) is 2.91. The smallest absolute Gasteiger partial charge is 0.0522 e. The molecule has 0 aliphatic heterocycles. The zero-order valence-corrected chi connectivity index (χ0v) is 12.3. The van der Waals surface area contributed by atoms with Crippen molar-refractivity contribution in [2.45, 2.75) is 19.8 Å². The minimum Gasteiger partial charge on any atom is -0.374 e. The molecule has 0 bridgehead atoms. The molecule has 0 aliphatic carbocycles. The lowest BCUT2D eigenvalue weighted by Gasteiger charge is -2.23. The van der Waals surface area contributed by atoms with Gasteiger partial charge in [-0.2, -0.15) is 0 Å². The molecular weight excluding hydrogens is 242 g/mol. The van der Waals surface area contributed by atoms with E-state index in [4.69, 9.17) is 0 Å². The fraction of sp³-hybridized carbons (Fsp3) is 0.263. The van der Waals surface area contributed by atoms with Gasteiger partial charge >= 0.3 is 0 Å². The Labute approximate surface area is 120 Å². The van der Waals surface area contributed by atoms with Gasteiger partial charge in [0.2, 0.25) is 0 Å². The van der Waals surface area contributed by atoms with E-state index in [1.54, 1.807) is 0 Å². The van der Waals surface area contributed by atoms with Crippen LogP contribution in [-0.2, 0) is 0 Å². The van der Waals surface area contributed by atoms with E-state index in [9.17, 15) is 0 Å².